The summed E-state index contributed by atoms with van der Waals surface area (Å²) in [7, 11) is 0. The topological polar surface area (TPSA) is 104 Å². The molecule has 0 amide bonds. The molecule has 2 fully saturated rings. The van der Waals surface area contributed by atoms with Crippen LogP contribution in [0.3, 0.4) is 0 Å². The molecule has 9 heteroatoms. The standard InChI is InChI=1S/C12H19N3S2.C2H2O4/c1-2-3-6-16-12-11(13-17-14-12)10-8-15-5-4-9(10)7-15;3-1(4)2(5)6/h9-10H,2-8H2,1H3;(H,3,4)(H,5,6). The first-order valence-corrected chi connectivity index (χ1v) is 9.38. The van der Waals surface area contributed by atoms with Gasteiger partial charge in [0.15, 0.2) is 0 Å². The van der Waals surface area contributed by atoms with Crippen molar-refractivity contribution in [3.63, 3.8) is 0 Å². The van der Waals surface area contributed by atoms with Crippen LogP contribution in [-0.2, 0) is 9.59 Å². The van der Waals surface area contributed by atoms with Crippen molar-refractivity contribution in [2.45, 2.75) is 37.1 Å². The Kier molecular flexibility index (Phi) is 6.79. The maximum Gasteiger partial charge on any atom is 0.414 e. The van der Waals surface area contributed by atoms with Gasteiger partial charge >= 0.3 is 11.9 Å². The van der Waals surface area contributed by atoms with Crippen molar-refractivity contribution >= 4 is 35.4 Å². The highest BCUT2D eigenvalue weighted by atomic mass is 32.2. The van der Waals surface area contributed by atoms with Crippen LogP contribution in [0.4, 0.5) is 0 Å². The Hall–Kier alpha value is -1.19. The number of carboxylic acid groups (broad SMARTS) is 2. The Morgan fingerprint density at radius 3 is 2.57 bits per heavy atom. The molecule has 0 aliphatic carbocycles. The number of hydrogen-bond acceptors (Lipinski definition) is 7. The fourth-order valence-electron chi connectivity index (χ4n) is 2.92. The van der Waals surface area contributed by atoms with E-state index in [2.05, 4.69) is 20.6 Å². The average Bonchev–Trinajstić information content (AvgIpc) is 3.24. The SMILES string of the molecule is CCCCSc1nsnc1C1CN2CCC1C2.O=C(O)C(=O)O. The van der Waals surface area contributed by atoms with Crippen LogP contribution in [0, 0.1) is 5.92 Å². The number of carbonyl (C=O) groups is 2. The van der Waals surface area contributed by atoms with Crippen molar-refractivity contribution < 1.29 is 19.8 Å². The summed E-state index contributed by atoms with van der Waals surface area (Å²) < 4.78 is 9.07. The van der Waals surface area contributed by atoms with Crippen LogP contribution in [-0.4, -0.2) is 61.2 Å². The lowest BCUT2D eigenvalue weighted by Gasteiger charge is -2.20. The Labute approximate surface area is 143 Å². The quantitative estimate of drug-likeness (QED) is 0.467. The fraction of sp³-hybridized carbons (Fsp3) is 0.714. The van der Waals surface area contributed by atoms with Crippen molar-refractivity contribution in [2.75, 3.05) is 25.4 Å². The van der Waals surface area contributed by atoms with E-state index in [1.165, 1.54) is 67.1 Å². The number of unbranched alkanes of at least 4 members (excludes halogenated alkanes) is 1. The zero-order chi connectivity index (χ0) is 16.8. The van der Waals surface area contributed by atoms with Gasteiger partial charge in [-0.25, -0.2) is 9.59 Å². The zero-order valence-electron chi connectivity index (χ0n) is 13.0. The van der Waals surface area contributed by atoms with E-state index in [0.717, 1.165) is 5.92 Å². The fourth-order valence-corrected chi connectivity index (χ4v) is 4.78. The lowest BCUT2D eigenvalue weighted by atomic mass is 9.90. The molecule has 3 unspecified atom stereocenters. The van der Waals surface area contributed by atoms with E-state index in [1.54, 1.807) is 0 Å². The number of thioether (sulfide) groups is 1. The molecule has 23 heavy (non-hydrogen) atoms. The summed E-state index contributed by atoms with van der Waals surface area (Å²) in [5, 5.41) is 16.0. The zero-order valence-corrected chi connectivity index (χ0v) is 14.6. The molecule has 0 saturated carbocycles. The van der Waals surface area contributed by atoms with Crippen molar-refractivity contribution in [3.8, 4) is 0 Å². The lowest BCUT2D eigenvalue weighted by Crippen LogP contribution is -2.22. The highest BCUT2D eigenvalue weighted by Crippen LogP contribution is 2.42. The van der Waals surface area contributed by atoms with Gasteiger partial charge in [0.05, 0.1) is 17.4 Å². The minimum Gasteiger partial charge on any atom is -0.473 e. The molecule has 3 heterocycles. The Balaban J connectivity index is 0.000000277. The molecule has 0 aromatic carbocycles. The van der Waals surface area contributed by atoms with Crippen molar-refractivity contribution in [3.05, 3.63) is 5.69 Å². The molecule has 2 bridgehead atoms. The number of fused-ring (bicyclic) bond motifs is 2. The highest BCUT2D eigenvalue weighted by Gasteiger charge is 2.41. The van der Waals surface area contributed by atoms with Gasteiger partial charge in [-0.1, -0.05) is 13.3 Å². The summed E-state index contributed by atoms with van der Waals surface area (Å²) in [5.74, 6) is -0.934. The van der Waals surface area contributed by atoms with Crippen LogP contribution in [0.15, 0.2) is 5.03 Å². The van der Waals surface area contributed by atoms with E-state index in [1.807, 2.05) is 11.8 Å². The second kappa shape index (κ2) is 8.60. The molecule has 1 aromatic rings. The van der Waals surface area contributed by atoms with Gasteiger partial charge in [0, 0.05) is 19.0 Å². The van der Waals surface area contributed by atoms with Crippen LogP contribution in [0.5, 0.6) is 0 Å². The monoisotopic (exact) mass is 359 g/mol. The molecule has 1 aromatic heterocycles. The molecule has 128 valence electrons. The number of carboxylic acids is 2. The van der Waals surface area contributed by atoms with Crippen molar-refractivity contribution in [1.29, 1.82) is 0 Å². The number of hydrogen-bond donors (Lipinski definition) is 2. The van der Waals surface area contributed by atoms with E-state index in [4.69, 9.17) is 19.8 Å². The first kappa shape index (κ1) is 18.2. The van der Waals surface area contributed by atoms with E-state index in [-0.39, 0.29) is 0 Å². The second-order valence-corrected chi connectivity index (χ2v) is 7.29. The van der Waals surface area contributed by atoms with Gasteiger partial charge in [-0.05, 0) is 31.1 Å². The number of aromatic nitrogens is 2. The molecule has 7 nitrogen and oxygen atoms in total. The second-order valence-electron chi connectivity index (χ2n) is 5.68. The number of rotatable bonds is 5. The van der Waals surface area contributed by atoms with E-state index < -0.39 is 11.9 Å². The molecular weight excluding hydrogens is 338 g/mol. The van der Waals surface area contributed by atoms with E-state index >= 15 is 0 Å². The largest absolute Gasteiger partial charge is 0.473 e. The third-order valence-corrected chi connectivity index (χ3v) is 5.81. The lowest BCUT2D eigenvalue weighted by molar-refractivity contribution is -0.159. The molecule has 0 radical (unpaired) electrons. The van der Waals surface area contributed by atoms with Gasteiger partial charge in [-0.3, -0.25) is 0 Å². The van der Waals surface area contributed by atoms with Crippen LogP contribution in [0.1, 0.15) is 37.8 Å². The Morgan fingerprint density at radius 1 is 1.30 bits per heavy atom. The van der Waals surface area contributed by atoms with Gasteiger partial charge < -0.3 is 15.1 Å². The minimum atomic E-state index is -1.82. The first-order chi connectivity index (χ1) is 11.0. The molecule has 2 N–H and O–H groups in total. The highest BCUT2D eigenvalue weighted by molar-refractivity contribution is 7.99. The molecule has 2 aliphatic rings. The predicted octanol–water partition coefficient (Wildman–Crippen LogP) is 2.00. The van der Waals surface area contributed by atoms with Crippen LogP contribution < -0.4 is 0 Å². The summed E-state index contributed by atoms with van der Waals surface area (Å²) in [5.41, 5.74) is 1.31. The normalized spacial score (nSPS) is 25.0. The molecule has 0 spiro atoms. The van der Waals surface area contributed by atoms with E-state index in [9.17, 15) is 0 Å². The van der Waals surface area contributed by atoms with Gasteiger partial charge in [-0.2, -0.15) is 8.75 Å². The molecular formula is C14H21N3O4S2. The van der Waals surface area contributed by atoms with Crippen molar-refractivity contribution in [2.24, 2.45) is 5.92 Å². The summed E-state index contributed by atoms with van der Waals surface area (Å²) in [6.07, 6.45) is 3.91. The van der Waals surface area contributed by atoms with Gasteiger partial charge in [-0.15, -0.1) is 11.8 Å². The maximum atomic E-state index is 9.10. The molecule has 3 atom stereocenters. The minimum absolute atomic E-state index is 0.673. The first-order valence-electron chi connectivity index (χ1n) is 7.66. The van der Waals surface area contributed by atoms with Crippen LogP contribution in [0.25, 0.3) is 0 Å². The smallest absolute Gasteiger partial charge is 0.414 e. The Bertz CT molecular complexity index is 540. The number of aliphatic carboxylic acids is 2. The maximum absolute atomic E-state index is 9.10. The van der Waals surface area contributed by atoms with Crippen LogP contribution >= 0.6 is 23.5 Å². The van der Waals surface area contributed by atoms with Gasteiger partial charge in [0.1, 0.15) is 5.03 Å². The average molecular weight is 359 g/mol. The van der Waals surface area contributed by atoms with E-state index in [0.29, 0.717) is 5.92 Å². The molecule has 2 saturated heterocycles. The third-order valence-electron chi connectivity index (χ3n) is 4.09. The van der Waals surface area contributed by atoms with Crippen LogP contribution in [0.2, 0.25) is 0 Å². The van der Waals surface area contributed by atoms with Gasteiger partial charge in [0.25, 0.3) is 0 Å². The number of piperidine rings is 1. The predicted molar refractivity (Wildman–Crippen MR) is 88.1 cm³/mol. The summed E-state index contributed by atoms with van der Waals surface area (Å²) in [6, 6.07) is 0. The third kappa shape index (κ3) is 4.89. The summed E-state index contributed by atoms with van der Waals surface area (Å²) >= 11 is 3.31. The van der Waals surface area contributed by atoms with Gasteiger partial charge in [0.2, 0.25) is 0 Å². The Morgan fingerprint density at radius 2 is 2.04 bits per heavy atom. The van der Waals surface area contributed by atoms with Crippen molar-refractivity contribution in [1.82, 2.24) is 13.6 Å². The molecule has 3 rings (SSSR count). The number of nitrogens with zero attached hydrogens (tertiary/aromatic N) is 3. The molecule has 2 aliphatic heterocycles. The summed E-state index contributed by atoms with van der Waals surface area (Å²) in [6.45, 7) is 6.06. The summed E-state index contributed by atoms with van der Waals surface area (Å²) in [4.78, 5) is 20.8.